The van der Waals surface area contributed by atoms with Crippen LogP contribution in [-0.4, -0.2) is 34.1 Å². The van der Waals surface area contributed by atoms with Gasteiger partial charge in [0.25, 0.3) is 10.0 Å². The van der Waals surface area contributed by atoms with Crippen LogP contribution in [0.4, 0.5) is 5.69 Å². The van der Waals surface area contributed by atoms with Gasteiger partial charge in [-0.25, -0.2) is 13.4 Å². The van der Waals surface area contributed by atoms with Gasteiger partial charge >= 0.3 is 0 Å². The van der Waals surface area contributed by atoms with E-state index in [-0.39, 0.29) is 10.6 Å². The summed E-state index contributed by atoms with van der Waals surface area (Å²) in [5.74, 6) is 0.288. The van der Waals surface area contributed by atoms with Crippen molar-refractivity contribution in [3.63, 3.8) is 0 Å². The molecule has 1 rings (SSSR count). The van der Waals surface area contributed by atoms with E-state index in [1.807, 2.05) is 0 Å². The molecule has 7 heteroatoms. The molecule has 0 aliphatic rings. The van der Waals surface area contributed by atoms with Crippen LogP contribution in [0.3, 0.4) is 0 Å². The van der Waals surface area contributed by atoms with Gasteiger partial charge in [-0.1, -0.05) is 0 Å². The number of hydrogen-bond donors (Lipinski definition) is 2. The molecular formula is C10H17N3O3S. The lowest BCUT2D eigenvalue weighted by atomic mass is 10.3. The summed E-state index contributed by atoms with van der Waals surface area (Å²) in [6.07, 6.45) is 0. The van der Waals surface area contributed by atoms with Gasteiger partial charge in [-0.05, 0) is 25.1 Å². The van der Waals surface area contributed by atoms with Crippen molar-refractivity contribution in [3.8, 4) is 5.75 Å². The van der Waals surface area contributed by atoms with Gasteiger partial charge in [0.05, 0.1) is 6.61 Å². The summed E-state index contributed by atoms with van der Waals surface area (Å²) in [6.45, 7) is 2.17. The molecule has 0 bridgehead atoms. The minimum atomic E-state index is -3.66. The van der Waals surface area contributed by atoms with E-state index in [2.05, 4.69) is 4.83 Å². The summed E-state index contributed by atoms with van der Waals surface area (Å²) in [4.78, 5) is 2.37. The molecule has 17 heavy (non-hydrogen) atoms. The van der Waals surface area contributed by atoms with Crippen LogP contribution in [0.15, 0.2) is 23.1 Å². The van der Waals surface area contributed by atoms with Gasteiger partial charge in [0.1, 0.15) is 10.6 Å². The van der Waals surface area contributed by atoms with Crippen LogP contribution in [0.2, 0.25) is 0 Å². The second-order valence-corrected chi connectivity index (χ2v) is 5.26. The van der Waals surface area contributed by atoms with Gasteiger partial charge in [0.15, 0.2) is 0 Å². The average molecular weight is 259 g/mol. The molecule has 3 N–H and O–H groups in total. The third-order valence-electron chi connectivity index (χ3n) is 1.86. The van der Waals surface area contributed by atoms with Crippen molar-refractivity contribution in [1.82, 2.24) is 9.84 Å². The second-order valence-electron chi connectivity index (χ2n) is 3.63. The smallest absolute Gasteiger partial charge is 0.257 e. The molecular weight excluding hydrogens is 242 g/mol. The first-order chi connectivity index (χ1) is 7.86. The summed E-state index contributed by atoms with van der Waals surface area (Å²) in [7, 11) is -0.489. The number of hydrazine groups is 1. The lowest BCUT2D eigenvalue weighted by Gasteiger charge is -2.15. The Morgan fingerprint density at radius 2 is 2.06 bits per heavy atom. The van der Waals surface area contributed by atoms with E-state index >= 15 is 0 Å². The molecule has 1 aromatic rings. The number of nitrogens with zero attached hydrogens (tertiary/aromatic N) is 1. The molecule has 0 atom stereocenters. The lowest BCUT2D eigenvalue weighted by molar-refractivity contribution is 0.328. The molecule has 0 fully saturated rings. The highest BCUT2D eigenvalue weighted by Gasteiger charge is 2.20. The standard InChI is InChI=1S/C10H17N3O3S/c1-4-16-9-6-5-8(11)7-10(9)17(14,15)12-13(2)3/h5-7,12H,4,11H2,1-3H3. The van der Waals surface area contributed by atoms with E-state index in [0.717, 1.165) is 0 Å². The largest absolute Gasteiger partial charge is 0.492 e. The Morgan fingerprint density at radius 3 is 2.59 bits per heavy atom. The number of nitrogens with one attached hydrogen (secondary N) is 1. The Balaban J connectivity index is 3.23. The van der Waals surface area contributed by atoms with E-state index in [1.165, 1.54) is 11.1 Å². The monoisotopic (exact) mass is 259 g/mol. The van der Waals surface area contributed by atoms with Gasteiger partial charge in [-0.2, -0.15) is 0 Å². The number of sulfonamides is 1. The fourth-order valence-corrected chi connectivity index (χ4v) is 2.56. The Hall–Kier alpha value is -1.31. The highest BCUT2D eigenvalue weighted by Crippen LogP contribution is 2.26. The SMILES string of the molecule is CCOc1ccc(N)cc1S(=O)(=O)NN(C)C. The zero-order valence-electron chi connectivity index (χ0n) is 10.1. The molecule has 0 radical (unpaired) electrons. The summed E-state index contributed by atoms with van der Waals surface area (Å²) >= 11 is 0. The molecule has 0 aliphatic heterocycles. The molecule has 0 aliphatic carbocycles. The summed E-state index contributed by atoms with van der Waals surface area (Å²) in [6, 6.07) is 4.51. The fraction of sp³-hybridized carbons (Fsp3) is 0.400. The molecule has 0 heterocycles. The van der Waals surface area contributed by atoms with Crippen LogP contribution < -0.4 is 15.3 Å². The minimum absolute atomic E-state index is 0.0352. The molecule has 1 aromatic carbocycles. The van der Waals surface area contributed by atoms with Crippen LogP contribution >= 0.6 is 0 Å². The van der Waals surface area contributed by atoms with Crippen LogP contribution in [0.1, 0.15) is 6.92 Å². The normalized spacial score (nSPS) is 11.8. The van der Waals surface area contributed by atoms with E-state index in [4.69, 9.17) is 10.5 Å². The van der Waals surface area contributed by atoms with Crippen molar-refractivity contribution in [2.45, 2.75) is 11.8 Å². The first kappa shape index (κ1) is 13.8. The quantitative estimate of drug-likeness (QED) is 0.591. The number of rotatable bonds is 5. The van der Waals surface area contributed by atoms with Crippen molar-refractivity contribution in [1.29, 1.82) is 0 Å². The molecule has 0 amide bonds. The van der Waals surface area contributed by atoms with E-state index in [1.54, 1.807) is 33.2 Å². The Kier molecular flexibility index (Phi) is 4.33. The van der Waals surface area contributed by atoms with Gasteiger partial charge in [-0.3, -0.25) is 0 Å². The van der Waals surface area contributed by atoms with E-state index < -0.39 is 10.0 Å². The first-order valence-electron chi connectivity index (χ1n) is 5.09. The highest BCUT2D eigenvalue weighted by atomic mass is 32.2. The lowest BCUT2D eigenvalue weighted by Crippen LogP contribution is -2.36. The first-order valence-corrected chi connectivity index (χ1v) is 6.57. The molecule has 96 valence electrons. The van der Waals surface area contributed by atoms with Crippen molar-refractivity contribution in [3.05, 3.63) is 18.2 Å². The zero-order valence-corrected chi connectivity index (χ0v) is 10.9. The molecule has 0 aromatic heterocycles. The van der Waals surface area contributed by atoms with E-state index in [0.29, 0.717) is 12.3 Å². The van der Waals surface area contributed by atoms with Gasteiger partial charge in [0, 0.05) is 19.8 Å². The summed E-state index contributed by atoms with van der Waals surface area (Å²) in [5.41, 5.74) is 5.96. The number of hydrogen-bond acceptors (Lipinski definition) is 5. The van der Waals surface area contributed by atoms with Crippen LogP contribution in [0, 0.1) is 0 Å². The van der Waals surface area contributed by atoms with Gasteiger partial charge < -0.3 is 10.5 Å². The third kappa shape index (κ3) is 3.58. The van der Waals surface area contributed by atoms with Gasteiger partial charge in [0.2, 0.25) is 0 Å². The van der Waals surface area contributed by atoms with Crippen molar-refractivity contribution in [2.24, 2.45) is 0 Å². The topological polar surface area (TPSA) is 84.7 Å². The Morgan fingerprint density at radius 1 is 1.41 bits per heavy atom. The van der Waals surface area contributed by atoms with Gasteiger partial charge in [-0.15, -0.1) is 4.83 Å². The third-order valence-corrected chi connectivity index (χ3v) is 3.36. The fourth-order valence-electron chi connectivity index (χ4n) is 1.30. The predicted molar refractivity (Wildman–Crippen MR) is 66.0 cm³/mol. The van der Waals surface area contributed by atoms with Crippen LogP contribution in [0.25, 0.3) is 0 Å². The Labute approximate surface area is 101 Å². The molecule has 0 unspecified atom stereocenters. The predicted octanol–water partition coefficient (Wildman–Crippen LogP) is 0.422. The zero-order chi connectivity index (χ0) is 13.1. The molecule has 0 saturated heterocycles. The van der Waals surface area contributed by atoms with Crippen molar-refractivity contribution >= 4 is 15.7 Å². The maximum absolute atomic E-state index is 12.0. The van der Waals surface area contributed by atoms with Crippen molar-refractivity contribution in [2.75, 3.05) is 26.4 Å². The molecule has 0 spiro atoms. The summed E-state index contributed by atoms with van der Waals surface area (Å²) in [5, 5.41) is 1.34. The van der Waals surface area contributed by atoms with Crippen LogP contribution in [-0.2, 0) is 10.0 Å². The average Bonchev–Trinajstić information content (AvgIpc) is 2.19. The van der Waals surface area contributed by atoms with Crippen molar-refractivity contribution < 1.29 is 13.2 Å². The maximum atomic E-state index is 12.0. The molecule has 0 saturated carbocycles. The Bertz CT molecular complexity index is 486. The maximum Gasteiger partial charge on any atom is 0.257 e. The van der Waals surface area contributed by atoms with E-state index in [9.17, 15) is 8.42 Å². The number of ether oxygens (including phenoxy) is 1. The number of benzene rings is 1. The number of nitrogen functional groups attached to an aromatic ring is 1. The van der Waals surface area contributed by atoms with Crippen LogP contribution in [0.5, 0.6) is 5.75 Å². The minimum Gasteiger partial charge on any atom is -0.492 e. The number of nitrogens with two attached hydrogens (primary N) is 1. The molecule has 6 nitrogen and oxygen atoms in total. The summed E-state index contributed by atoms with van der Waals surface area (Å²) < 4.78 is 29.3. The number of anilines is 1. The highest BCUT2D eigenvalue weighted by molar-refractivity contribution is 7.89. The second kappa shape index (κ2) is 5.35.